The fourth-order valence-electron chi connectivity index (χ4n) is 1.62. The highest BCUT2D eigenvalue weighted by atomic mass is 32.1. The Hall–Kier alpha value is -2.05. The molecule has 0 saturated carbocycles. The molecule has 0 aliphatic carbocycles. The zero-order valence-corrected chi connectivity index (χ0v) is 11.3. The van der Waals surface area contributed by atoms with E-state index in [1.807, 2.05) is 36.4 Å². The fourth-order valence-corrected chi connectivity index (χ4v) is 1.70. The second kappa shape index (κ2) is 6.21. The maximum absolute atomic E-state index is 5.71. The van der Waals surface area contributed by atoms with Crippen molar-refractivity contribution >= 4 is 17.3 Å². The Kier molecular flexibility index (Phi) is 4.38. The highest BCUT2D eigenvalue weighted by molar-refractivity contribution is 7.80. The van der Waals surface area contributed by atoms with E-state index in [-0.39, 0.29) is 5.11 Å². The molecule has 0 spiro atoms. The van der Waals surface area contributed by atoms with E-state index >= 15 is 0 Å². The smallest absolute Gasteiger partial charge is 0.178 e. The molecule has 0 atom stereocenters. The van der Waals surface area contributed by atoms with E-state index in [0.717, 1.165) is 22.8 Å². The van der Waals surface area contributed by atoms with Gasteiger partial charge in [-0.2, -0.15) is 0 Å². The van der Waals surface area contributed by atoms with E-state index in [0.29, 0.717) is 6.54 Å². The summed E-state index contributed by atoms with van der Waals surface area (Å²) in [7, 11) is 1.64. The number of hydrogen-bond acceptors (Lipinski definition) is 4. The van der Waals surface area contributed by atoms with Gasteiger partial charge < -0.3 is 14.9 Å². The van der Waals surface area contributed by atoms with Gasteiger partial charge in [-0.25, -0.2) is 5.43 Å². The first-order valence-electron chi connectivity index (χ1n) is 5.70. The van der Waals surface area contributed by atoms with Crippen molar-refractivity contribution in [3.05, 3.63) is 42.2 Å². The van der Waals surface area contributed by atoms with Gasteiger partial charge in [-0.15, -0.1) is 0 Å². The lowest BCUT2D eigenvalue weighted by molar-refractivity contribution is 0.414. The standard InChI is InChI=1S/C13H15N3O2S/c1-17-10-4-2-3-9(7-10)12-6-5-11(18-12)8-15-16-13(14)19/h2-7,15H,8H2,1H3,(H3,14,16,19). The van der Waals surface area contributed by atoms with Crippen molar-refractivity contribution in [3.63, 3.8) is 0 Å². The first-order chi connectivity index (χ1) is 9.19. The molecule has 2 aromatic rings. The molecule has 19 heavy (non-hydrogen) atoms. The summed E-state index contributed by atoms with van der Waals surface area (Å²) in [4.78, 5) is 0. The second-order valence-corrected chi connectivity index (χ2v) is 4.28. The minimum absolute atomic E-state index is 0.194. The van der Waals surface area contributed by atoms with E-state index in [1.165, 1.54) is 0 Å². The molecular weight excluding hydrogens is 262 g/mol. The third-order valence-electron chi connectivity index (χ3n) is 2.49. The van der Waals surface area contributed by atoms with Gasteiger partial charge in [-0.1, -0.05) is 12.1 Å². The molecular formula is C13H15N3O2S. The number of hydrazine groups is 1. The molecule has 6 heteroatoms. The van der Waals surface area contributed by atoms with Crippen molar-refractivity contribution in [2.75, 3.05) is 7.11 Å². The number of thiocarbonyl (C=S) groups is 1. The molecule has 0 unspecified atom stereocenters. The number of nitrogens with one attached hydrogen (secondary N) is 2. The Bertz CT molecular complexity index is 569. The monoisotopic (exact) mass is 277 g/mol. The largest absolute Gasteiger partial charge is 0.497 e. The van der Waals surface area contributed by atoms with Crippen LogP contribution in [-0.2, 0) is 6.54 Å². The predicted molar refractivity (Wildman–Crippen MR) is 77.5 cm³/mol. The first kappa shape index (κ1) is 13.4. The molecule has 2 rings (SSSR count). The van der Waals surface area contributed by atoms with Crippen LogP contribution in [0.5, 0.6) is 5.75 Å². The third kappa shape index (κ3) is 3.70. The molecule has 0 aliphatic heterocycles. The van der Waals surface area contributed by atoms with Gasteiger partial charge in [0.2, 0.25) is 0 Å². The number of methoxy groups -OCH3 is 1. The lowest BCUT2D eigenvalue weighted by atomic mass is 10.2. The van der Waals surface area contributed by atoms with Crippen molar-refractivity contribution in [2.24, 2.45) is 5.73 Å². The molecule has 100 valence electrons. The highest BCUT2D eigenvalue weighted by Crippen LogP contribution is 2.25. The van der Waals surface area contributed by atoms with Crippen LogP contribution in [0.1, 0.15) is 5.76 Å². The number of benzene rings is 1. The molecule has 0 fully saturated rings. The number of rotatable bonds is 5. The van der Waals surface area contributed by atoms with Crippen molar-refractivity contribution in [1.29, 1.82) is 0 Å². The maximum Gasteiger partial charge on any atom is 0.178 e. The van der Waals surface area contributed by atoms with Crippen molar-refractivity contribution < 1.29 is 9.15 Å². The van der Waals surface area contributed by atoms with Gasteiger partial charge in [-0.05, 0) is 36.5 Å². The van der Waals surface area contributed by atoms with E-state index < -0.39 is 0 Å². The van der Waals surface area contributed by atoms with Crippen LogP contribution in [0.2, 0.25) is 0 Å². The van der Waals surface area contributed by atoms with Gasteiger partial charge in [0.15, 0.2) is 5.11 Å². The van der Waals surface area contributed by atoms with Crippen LogP contribution in [0.25, 0.3) is 11.3 Å². The summed E-state index contributed by atoms with van der Waals surface area (Å²) in [6, 6.07) is 11.5. The summed E-state index contributed by atoms with van der Waals surface area (Å²) in [6.07, 6.45) is 0. The Morgan fingerprint density at radius 2 is 2.21 bits per heavy atom. The van der Waals surface area contributed by atoms with E-state index in [9.17, 15) is 0 Å². The Morgan fingerprint density at radius 1 is 1.37 bits per heavy atom. The van der Waals surface area contributed by atoms with E-state index in [4.69, 9.17) is 14.9 Å². The summed E-state index contributed by atoms with van der Waals surface area (Å²) < 4.78 is 10.9. The lowest BCUT2D eigenvalue weighted by Crippen LogP contribution is -2.40. The Morgan fingerprint density at radius 3 is 2.95 bits per heavy atom. The Labute approximate surface area is 116 Å². The van der Waals surface area contributed by atoms with Crippen molar-refractivity contribution in [1.82, 2.24) is 10.9 Å². The number of ether oxygens (including phenoxy) is 1. The summed E-state index contributed by atoms with van der Waals surface area (Å²) in [5, 5.41) is 0.194. The quantitative estimate of drug-likeness (QED) is 0.572. The fraction of sp³-hybridized carbons (Fsp3) is 0.154. The number of furan rings is 1. The molecule has 0 amide bonds. The highest BCUT2D eigenvalue weighted by Gasteiger charge is 2.05. The first-order valence-corrected chi connectivity index (χ1v) is 6.11. The summed E-state index contributed by atoms with van der Waals surface area (Å²) in [5.74, 6) is 2.36. The number of nitrogens with two attached hydrogens (primary N) is 1. The molecule has 1 heterocycles. The molecule has 0 aliphatic rings. The molecule has 5 nitrogen and oxygen atoms in total. The van der Waals surface area contributed by atoms with Crippen LogP contribution in [0, 0.1) is 0 Å². The zero-order chi connectivity index (χ0) is 13.7. The minimum atomic E-state index is 0.194. The van der Waals surface area contributed by atoms with E-state index in [2.05, 4.69) is 23.1 Å². The molecule has 0 radical (unpaired) electrons. The summed E-state index contributed by atoms with van der Waals surface area (Å²) >= 11 is 4.68. The summed E-state index contributed by atoms with van der Waals surface area (Å²) in [5.41, 5.74) is 11.8. The minimum Gasteiger partial charge on any atom is -0.497 e. The molecule has 4 N–H and O–H groups in total. The van der Waals surface area contributed by atoms with Crippen LogP contribution in [0.15, 0.2) is 40.8 Å². The van der Waals surface area contributed by atoms with Crippen LogP contribution in [-0.4, -0.2) is 12.2 Å². The van der Waals surface area contributed by atoms with Crippen LogP contribution < -0.4 is 21.3 Å². The molecule has 0 bridgehead atoms. The normalized spacial score (nSPS) is 10.2. The van der Waals surface area contributed by atoms with Crippen molar-refractivity contribution in [3.8, 4) is 17.1 Å². The van der Waals surface area contributed by atoms with Gasteiger partial charge in [0, 0.05) is 5.56 Å². The van der Waals surface area contributed by atoms with Gasteiger partial charge in [0.05, 0.1) is 13.7 Å². The SMILES string of the molecule is COc1cccc(-c2ccc(CNNC(N)=S)o2)c1. The second-order valence-electron chi connectivity index (χ2n) is 3.84. The average Bonchev–Trinajstić information content (AvgIpc) is 2.87. The number of hydrogen-bond donors (Lipinski definition) is 3. The molecule has 0 saturated heterocycles. The van der Waals surface area contributed by atoms with Gasteiger partial charge in [-0.3, -0.25) is 5.43 Å². The lowest BCUT2D eigenvalue weighted by Gasteiger charge is -2.04. The maximum atomic E-state index is 5.71. The summed E-state index contributed by atoms with van der Waals surface area (Å²) in [6.45, 7) is 0.487. The topological polar surface area (TPSA) is 72.5 Å². The predicted octanol–water partition coefficient (Wildman–Crippen LogP) is 1.79. The third-order valence-corrected chi connectivity index (χ3v) is 2.59. The van der Waals surface area contributed by atoms with Gasteiger partial charge in [0.1, 0.15) is 17.3 Å². The molecule has 1 aromatic carbocycles. The van der Waals surface area contributed by atoms with Crippen LogP contribution >= 0.6 is 12.2 Å². The molecule has 1 aromatic heterocycles. The Balaban J connectivity index is 2.05. The van der Waals surface area contributed by atoms with Crippen LogP contribution in [0.4, 0.5) is 0 Å². The van der Waals surface area contributed by atoms with Gasteiger partial charge in [0.25, 0.3) is 0 Å². The van der Waals surface area contributed by atoms with Crippen molar-refractivity contribution in [2.45, 2.75) is 6.54 Å². The van der Waals surface area contributed by atoms with Gasteiger partial charge >= 0.3 is 0 Å². The van der Waals surface area contributed by atoms with E-state index in [1.54, 1.807) is 7.11 Å². The zero-order valence-electron chi connectivity index (χ0n) is 10.5. The van der Waals surface area contributed by atoms with Crippen LogP contribution in [0.3, 0.4) is 0 Å². The average molecular weight is 277 g/mol.